The van der Waals surface area contributed by atoms with Crippen molar-refractivity contribution in [2.24, 2.45) is 11.8 Å². The first-order valence-electron chi connectivity index (χ1n) is 6.34. The highest BCUT2D eigenvalue weighted by Crippen LogP contribution is 2.28. The first-order valence-corrected chi connectivity index (χ1v) is 6.34. The Hall–Kier alpha value is -0.610. The van der Waals surface area contributed by atoms with Crippen LogP contribution in [0.1, 0.15) is 25.7 Å². The molecule has 1 amide bonds. The highest BCUT2D eigenvalue weighted by molar-refractivity contribution is 5.78. The van der Waals surface area contributed by atoms with Crippen molar-refractivity contribution in [1.29, 1.82) is 0 Å². The fourth-order valence-corrected chi connectivity index (χ4v) is 2.37. The Balaban J connectivity index is 2.17. The van der Waals surface area contributed by atoms with Crippen molar-refractivity contribution < 1.29 is 4.79 Å². The number of hydrogen-bond donors (Lipinski definition) is 3. The predicted octanol–water partition coefficient (Wildman–Crippen LogP) is 0.348. The van der Waals surface area contributed by atoms with Crippen molar-refractivity contribution in [1.82, 2.24) is 16.0 Å². The van der Waals surface area contributed by atoms with Gasteiger partial charge in [0.05, 0.1) is 0 Å². The van der Waals surface area contributed by atoms with Crippen LogP contribution in [-0.2, 0) is 4.79 Å². The quantitative estimate of drug-likeness (QED) is 0.574. The second kappa shape index (κ2) is 7.63. The van der Waals surface area contributed by atoms with E-state index in [1.165, 1.54) is 12.8 Å². The van der Waals surface area contributed by atoms with Gasteiger partial charge in [0.2, 0.25) is 5.91 Å². The first kappa shape index (κ1) is 13.5. The molecule has 0 aromatic rings. The number of hydrogen-bond acceptors (Lipinski definition) is 3. The zero-order valence-corrected chi connectivity index (χ0v) is 10.5. The van der Waals surface area contributed by atoms with E-state index >= 15 is 0 Å². The number of rotatable bonds is 6. The molecule has 0 spiro atoms. The molecule has 1 saturated carbocycles. The Bertz CT molecular complexity index is 200. The van der Waals surface area contributed by atoms with Crippen LogP contribution in [0.15, 0.2) is 0 Å². The van der Waals surface area contributed by atoms with Crippen molar-refractivity contribution in [3.63, 3.8) is 0 Å². The van der Waals surface area contributed by atoms with E-state index in [9.17, 15) is 4.79 Å². The Morgan fingerprint density at radius 1 is 1.06 bits per heavy atom. The Morgan fingerprint density at radius 2 is 1.75 bits per heavy atom. The predicted molar refractivity (Wildman–Crippen MR) is 66.3 cm³/mol. The molecular formula is C12H25N3O. The smallest absolute Gasteiger partial charge is 0.223 e. The molecule has 0 saturated heterocycles. The highest BCUT2D eigenvalue weighted by Gasteiger charge is 2.25. The van der Waals surface area contributed by atoms with Crippen LogP contribution in [0.5, 0.6) is 0 Å². The monoisotopic (exact) mass is 227 g/mol. The average molecular weight is 227 g/mol. The maximum atomic E-state index is 11.8. The summed E-state index contributed by atoms with van der Waals surface area (Å²) < 4.78 is 0. The summed E-state index contributed by atoms with van der Waals surface area (Å²) in [7, 11) is 3.89. The van der Waals surface area contributed by atoms with Gasteiger partial charge in [0.1, 0.15) is 0 Å². The molecule has 0 aromatic heterocycles. The average Bonchev–Trinajstić information content (AvgIpc) is 2.30. The third-order valence-electron chi connectivity index (χ3n) is 3.38. The van der Waals surface area contributed by atoms with Crippen molar-refractivity contribution in [2.75, 3.05) is 33.7 Å². The molecule has 0 aromatic carbocycles. The SMILES string of the molecule is CNCCNC(=O)C1CCC(CNC)CC1. The standard InChI is InChI=1S/C12H25N3O/c1-13-7-8-15-12(16)11-5-3-10(4-6-11)9-14-2/h10-11,13-14H,3-9H2,1-2H3,(H,15,16). The summed E-state index contributed by atoms with van der Waals surface area (Å²) in [6.07, 6.45) is 4.48. The van der Waals surface area contributed by atoms with Crippen LogP contribution >= 0.6 is 0 Å². The van der Waals surface area contributed by atoms with Crippen molar-refractivity contribution in [3.05, 3.63) is 0 Å². The molecule has 0 radical (unpaired) electrons. The minimum Gasteiger partial charge on any atom is -0.355 e. The molecule has 4 heteroatoms. The zero-order chi connectivity index (χ0) is 11.8. The summed E-state index contributed by atoms with van der Waals surface area (Å²) in [5.74, 6) is 1.27. The van der Waals surface area contributed by atoms with Crippen molar-refractivity contribution in [2.45, 2.75) is 25.7 Å². The molecule has 16 heavy (non-hydrogen) atoms. The van der Waals surface area contributed by atoms with Crippen LogP contribution in [0.3, 0.4) is 0 Å². The van der Waals surface area contributed by atoms with Crippen LogP contribution < -0.4 is 16.0 Å². The molecule has 0 bridgehead atoms. The largest absolute Gasteiger partial charge is 0.355 e. The lowest BCUT2D eigenvalue weighted by Crippen LogP contribution is -2.37. The molecule has 0 heterocycles. The van der Waals surface area contributed by atoms with E-state index < -0.39 is 0 Å². The van der Waals surface area contributed by atoms with Crippen molar-refractivity contribution >= 4 is 5.91 Å². The summed E-state index contributed by atoms with van der Waals surface area (Å²) in [6, 6.07) is 0. The normalized spacial score (nSPS) is 25.4. The van der Waals surface area contributed by atoms with E-state index in [0.717, 1.165) is 38.4 Å². The molecule has 0 unspecified atom stereocenters. The van der Waals surface area contributed by atoms with Gasteiger partial charge in [-0.1, -0.05) is 0 Å². The lowest BCUT2D eigenvalue weighted by molar-refractivity contribution is -0.126. The van der Waals surface area contributed by atoms with E-state index in [2.05, 4.69) is 16.0 Å². The minimum atomic E-state index is 0.248. The Labute approximate surface area is 98.6 Å². The third-order valence-corrected chi connectivity index (χ3v) is 3.38. The van der Waals surface area contributed by atoms with Crippen LogP contribution in [-0.4, -0.2) is 39.6 Å². The van der Waals surface area contributed by atoms with Crippen LogP contribution in [0, 0.1) is 11.8 Å². The van der Waals surface area contributed by atoms with E-state index in [1.54, 1.807) is 0 Å². The maximum Gasteiger partial charge on any atom is 0.223 e. The first-order chi connectivity index (χ1) is 7.77. The number of amides is 1. The van der Waals surface area contributed by atoms with Crippen molar-refractivity contribution in [3.8, 4) is 0 Å². The van der Waals surface area contributed by atoms with Gasteiger partial charge in [0, 0.05) is 19.0 Å². The summed E-state index contributed by atoms with van der Waals surface area (Å²) >= 11 is 0. The topological polar surface area (TPSA) is 53.2 Å². The zero-order valence-electron chi connectivity index (χ0n) is 10.5. The molecule has 1 fully saturated rings. The molecule has 1 rings (SSSR count). The van der Waals surface area contributed by atoms with Gasteiger partial charge in [0.15, 0.2) is 0 Å². The summed E-state index contributed by atoms with van der Waals surface area (Å²) in [4.78, 5) is 11.8. The molecule has 1 aliphatic rings. The van der Waals surface area contributed by atoms with E-state index in [1.807, 2.05) is 14.1 Å². The van der Waals surface area contributed by atoms with Gasteiger partial charge in [-0.15, -0.1) is 0 Å². The second-order valence-corrected chi connectivity index (χ2v) is 4.67. The van der Waals surface area contributed by atoms with E-state index in [-0.39, 0.29) is 11.8 Å². The maximum absolute atomic E-state index is 11.8. The van der Waals surface area contributed by atoms with Gasteiger partial charge in [0.25, 0.3) is 0 Å². The number of carbonyl (C=O) groups is 1. The molecular weight excluding hydrogens is 202 g/mol. The third kappa shape index (κ3) is 4.49. The van der Waals surface area contributed by atoms with Crippen LogP contribution in [0.2, 0.25) is 0 Å². The summed E-state index contributed by atoms with van der Waals surface area (Å²) in [6.45, 7) is 2.68. The van der Waals surface area contributed by atoms with Gasteiger partial charge < -0.3 is 16.0 Å². The molecule has 0 atom stereocenters. The lowest BCUT2D eigenvalue weighted by Gasteiger charge is -2.27. The van der Waals surface area contributed by atoms with Crippen LogP contribution in [0.4, 0.5) is 0 Å². The lowest BCUT2D eigenvalue weighted by atomic mass is 9.81. The molecule has 1 aliphatic carbocycles. The highest BCUT2D eigenvalue weighted by atomic mass is 16.1. The number of likely N-dealkylation sites (N-methyl/N-ethyl adjacent to an activating group) is 1. The molecule has 94 valence electrons. The molecule has 3 N–H and O–H groups in total. The summed E-state index contributed by atoms with van der Waals surface area (Å²) in [5, 5.41) is 9.22. The van der Waals surface area contributed by atoms with Gasteiger partial charge in [-0.05, 0) is 52.2 Å². The second-order valence-electron chi connectivity index (χ2n) is 4.67. The minimum absolute atomic E-state index is 0.248. The summed E-state index contributed by atoms with van der Waals surface area (Å²) in [5.41, 5.74) is 0. The molecule has 0 aliphatic heterocycles. The van der Waals surface area contributed by atoms with Gasteiger partial charge in [-0.3, -0.25) is 4.79 Å². The molecule has 4 nitrogen and oxygen atoms in total. The number of nitrogens with one attached hydrogen (secondary N) is 3. The van der Waals surface area contributed by atoms with Crippen LogP contribution in [0.25, 0.3) is 0 Å². The Morgan fingerprint density at radius 3 is 2.31 bits per heavy atom. The van der Waals surface area contributed by atoms with Gasteiger partial charge >= 0.3 is 0 Å². The van der Waals surface area contributed by atoms with Gasteiger partial charge in [-0.2, -0.15) is 0 Å². The van der Waals surface area contributed by atoms with E-state index in [0.29, 0.717) is 0 Å². The Kier molecular flexibility index (Phi) is 6.42. The number of carbonyl (C=O) groups excluding carboxylic acids is 1. The fraction of sp³-hybridized carbons (Fsp3) is 0.917. The van der Waals surface area contributed by atoms with E-state index in [4.69, 9.17) is 0 Å². The fourth-order valence-electron chi connectivity index (χ4n) is 2.37. The van der Waals surface area contributed by atoms with Gasteiger partial charge in [-0.25, -0.2) is 0 Å².